The van der Waals surface area contributed by atoms with Crippen molar-refractivity contribution >= 4 is 11.8 Å². The number of aryl methyl sites for hydroxylation is 1. The van der Waals surface area contributed by atoms with Crippen LogP contribution in [0.5, 0.6) is 0 Å². The molecule has 0 radical (unpaired) electrons. The molecular weight excluding hydrogens is 357 g/mol. The average Bonchev–Trinajstić information content (AvgIpc) is 3.19. The molecule has 7 nitrogen and oxygen atoms in total. The van der Waals surface area contributed by atoms with E-state index in [2.05, 4.69) is 25.3 Å². The zero-order chi connectivity index (χ0) is 18.0. The Balaban J connectivity index is 1.74. The van der Waals surface area contributed by atoms with Gasteiger partial charge in [-0.1, -0.05) is 16.9 Å². The molecule has 0 aromatic carbocycles. The van der Waals surface area contributed by atoms with Crippen molar-refractivity contribution in [3.05, 3.63) is 35.7 Å². The summed E-state index contributed by atoms with van der Waals surface area (Å²) < 4.78 is 44.8. The van der Waals surface area contributed by atoms with Crippen molar-refractivity contribution in [3.8, 4) is 11.5 Å². The quantitative estimate of drug-likeness (QED) is 0.637. The van der Waals surface area contributed by atoms with Crippen LogP contribution in [0.3, 0.4) is 0 Å². The monoisotopic (exact) mass is 370 g/mol. The minimum absolute atomic E-state index is 0.109. The molecular formula is C14H13F3N6OS. The van der Waals surface area contributed by atoms with Gasteiger partial charge in [-0.25, -0.2) is 0 Å². The standard InChI is InChI=1S/C14H13F3N6OS/c1-3-23-12(14(15,16)17)20-21-13(23)25-7-10-19-11(24-22-10)9-4-5-18-8(2)6-9/h4-6H,3,7H2,1-2H3. The fourth-order valence-electron chi connectivity index (χ4n) is 2.13. The summed E-state index contributed by atoms with van der Waals surface area (Å²) in [7, 11) is 0. The number of thioether (sulfide) groups is 1. The van der Waals surface area contributed by atoms with Crippen LogP contribution >= 0.6 is 11.8 Å². The van der Waals surface area contributed by atoms with Crippen LogP contribution in [0.25, 0.3) is 11.5 Å². The molecule has 0 saturated heterocycles. The first-order valence-corrected chi connectivity index (χ1v) is 8.26. The lowest BCUT2D eigenvalue weighted by atomic mass is 10.2. The lowest BCUT2D eigenvalue weighted by Crippen LogP contribution is -2.14. The maximum absolute atomic E-state index is 12.9. The Morgan fingerprint density at radius 1 is 1.28 bits per heavy atom. The molecule has 0 unspecified atom stereocenters. The summed E-state index contributed by atoms with van der Waals surface area (Å²) in [6.07, 6.45) is -2.91. The second-order valence-corrected chi connectivity index (χ2v) is 5.98. The molecule has 0 fully saturated rings. The zero-order valence-electron chi connectivity index (χ0n) is 13.3. The highest BCUT2D eigenvalue weighted by Gasteiger charge is 2.38. The van der Waals surface area contributed by atoms with Gasteiger partial charge in [0.25, 0.3) is 5.89 Å². The van der Waals surface area contributed by atoms with Crippen molar-refractivity contribution < 1.29 is 17.7 Å². The van der Waals surface area contributed by atoms with Gasteiger partial charge in [0, 0.05) is 24.0 Å². The van der Waals surface area contributed by atoms with Gasteiger partial charge in [-0.3, -0.25) is 9.55 Å². The number of hydrogen-bond donors (Lipinski definition) is 0. The van der Waals surface area contributed by atoms with Gasteiger partial charge in [-0.15, -0.1) is 10.2 Å². The minimum Gasteiger partial charge on any atom is -0.334 e. The zero-order valence-corrected chi connectivity index (χ0v) is 14.1. The largest absolute Gasteiger partial charge is 0.451 e. The Morgan fingerprint density at radius 2 is 2.08 bits per heavy atom. The second-order valence-electron chi connectivity index (χ2n) is 5.04. The lowest BCUT2D eigenvalue weighted by Gasteiger charge is -2.08. The molecule has 3 aromatic rings. The molecule has 25 heavy (non-hydrogen) atoms. The summed E-state index contributed by atoms with van der Waals surface area (Å²) in [4.78, 5) is 8.33. The van der Waals surface area contributed by atoms with Crippen LogP contribution in [0.1, 0.15) is 24.3 Å². The third kappa shape index (κ3) is 3.81. The molecule has 0 saturated carbocycles. The van der Waals surface area contributed by atoms with Crippen molar-refractivity contribution in [1.29, 1.82) is 0 Å². The Kier molecular flexibility index (Phi) is 4.75. The Labute approximate surface area is 144 Å². The topological polar surface area (TPSA) is 82.5 Å². The highest BCUT2D eigenvalue weighted by molar-refractivity contribution is 7.98. The van der Waals surface area contributed by atoms with Crippen molar-refractivity contribution in [3.63, 3.8) is 0 Å². The van der Waals surface area contributed by atoms with Gasteiger partial charge in [-0.05, 0) is 26.0 Å². The Hall–Kier alpha value is -2.43. The first-order chi connectivity index (χ1) is 11.9. The van der Waals surface area contributed by atoms with Crippen molar-refractivity contribution in [2.24, 2.45) is 0 Å². The number of aromatic nitrogens is 6. The molecule has 0 spiro atoms. The van der Waals surface area contributed by atoms with Crippen molar-refractivity contribution in [2.75, 3.05) is 0 Å². The van der Waals surface area contributed by atoms with Crippen LogP contribution in [0.15, 0.2) is 28.0 Å². The van der Waals surface area contributed by atoms with Gasteiger partial charge >= 0.3 is 6.18 Å². The number of halogens is 3. The molecule has 0 amide bonds. The van der Waals surface area contributed by atoms with Crippen molar-refractivity contribution in [1.82, 2.24) is 29.9 Å². The SMILES string of the molecule is CCn1c(SCc2noc(-c3ccnc(C)c3)n2)nnc1C(F)(F)F. The fraction of sp³-hybridized carbons (Fsp3) is 0.357. The maximum Gasteiger partial charge on any atom is 0.451 e. The van der Waals surface area contributed by atoms with Gasteiger partial charge in [0.2, 0.25) is 5.82 Å². The molecule has 0 bridgehead atoms. The van der Waals surface area contributed by atoms with Gasteiger partial charge in [0.05, 0.1) is 5.75 Å². The van der Waals surface area contributed by atoms with E-state index in [0.717, 1.165) is 27.6 Å². The summed E-state index contributed by atoms with van der Waals surface area (Å²) in [6.45, 7) is 3.55. The molecule has 0 aliphatic heterocycles. The van der Waals surface area contributed by atoms with Gasteiger partial charge < -0.3 is 4.52 Å². The van der Waals surface area contributed by atoms with Gasteiger partial charge in [-0.2, -0.15) is 18.2 Å². The molecule has 3 aromatic heterocycles. The maximum atomic E-state index is 12.9. The average molecular weight is 370 g/mol. The van der Waals surface area contributed by atoms with E-state index in [9.17, 15) is 13.2 Å². The highest BCUT2D eigenvalue weighted by Crippen LogP contribution is 2.31. The molecule has 0 aliphatic rings. The van der Waals surface area contributed by atoms with Crippen LogP contribution in [0.4, 0.5) is 13.2 Å². The van der Waals surface area contributed by atoms with E-state index >= 15 is 0 Å². The number of nitrogens with zero attached hydrogens (tertiary/aromatic N) is 6. The molecule has 11 heteroatoms. The number of hydrogen-bond acceptors (Lipinski definition) is 7. The van der Waals surface area contributed by atoms with Crippen LogP contribution in [-0.2, 0) is 18.5 Å². The van der Waals surface area contributed by atoms with E-state index in [-0.39, 0.29) is 17.5 Å². The van der Waals surface area contributed by atoms with E-state index in [0.29, 0.717) is 11.7 Å². The predicted octanol–water partition coefficient (Wildman–Crippen LogP) is 3.36. The Morgan fingerprint density at radius 3 is 2.76 bits per heavy atom. The van der Waals surface area contributed by atoms with Gasteiger partial charge in [0.15, 0.2) is 11.0 Å². The molecule has 3 heterocycles. The van der Waals surface area contributed by atoms with Crippen LogP contribution in [0, 0.1) is 6.92 Å². The molecule has 0 atom stereocenters. The van der Waals surface area contributed by atoms with E-state index in [4.69, 9.17) is 4.52 Å². The summed E-state index contributed by atoms with van der Waals surface area (Å²) in [5, 5.41) is 10.8. The molecule has 0 N–H and O–H groups in total. The van der Waals surface area contributed by atoms with E-state index < -0.39 is 12.0 Å². The van der Waals surface area contributed by atoms with Crippen molar-refractivity contribution in [2.45, 2.75) is 37.5 Å². The third-order valence-corrected chi connectivity index (χ3v) is 4.19. The smallest absolute Gasteiger partial charge is 0.334 e. The Bertz CT molecular complexity index is 876. The number of pyridine rings is 1. The first-order valence-electron chi connectivity index (χ1n) is 7.27. The summed E-state index contributed by atoms with van der Waals surface area (Å²) in [5.41, 5.74) is 1.54. The number of alkyl halides is 3. The lowest BCUT2D eigenvalue weighted by molar-refractivity contribution is -0.147. The molecule has 132 valence electrons. The van der Waals surface area contributed by atoms with Gasteiger partial charge in [0.1, 0.15) is 0 Å². The molecule has 0 aliphatic carbocycles. The minimum atomic E-state index is -4.54. The van der Waals surface area contributed by atoms with E-state index in [1.807, 2.05) is 6.92 Å². The normalized spacial score (nSPS) is 11.9. The number of rotatable bonds is 5. The highest BCUT2D eigenvalue weighted by atomic mass is 32.2. The van der Waals surface area contributed by atoms with E-state index in [1.165, 1.54) is 0 Å². The van der Waals surface area contributed by atoms with E-state index in [1.54, 1.807) is 25.3 Å². The van der Waals surface area contributed by atoms with Crippen LogP contribution in [0.2, 0.25) is 0 Å². The first kappa shape index (κ1) is 17.4. The third-order valence-electron chi connectivity index (χ3n) is 3.23. The molecule has 3 rings (SSSR count). The summed E-state index contributed by atoms with van der Waals surface area (Å²) in [6, 6.07) is 3.54. The summed E-state index contributed by atoms with van der Waals surface area (Å²) >= 11 is 1.07. The van der Waals surface area contributed by atoms with Crippen LogP contribution in [-0.4, -0.2) is 29.9 Å². The predicted molar refractivity (Wildman–Crippen MR) is 82.5 cm³/mol. The summed E-state index contributed by atoms with van der Waals surface area (Å²) in [5.74, 6) is -0.120. The second kappa shape index (κ2) is 6.82. The van der Waals surface area contributed by atoms with Crippen LogP contribution < -0.4 is 0 Å². The fourth-order valence-corrected chi connectivity index (χ4v) is 2.97.